The average Bonchev–Trinajstić information content (AvgIpc) is 3.14. The molecule has 2 aromatic rings. The molecule has 1 aliphatic rings. The van der Waals surface area contributed by atoms with Gasteiger partial charge in [-0.05, 0) is 50.1 Å². The van der Waals surface area contributed by atoms with Crippen LogP contribution < -0.4 is 15.4 Å². The normalized spacial score (nSPS) is 16.1. The summed E-state index contributed by atoms with van der Waals surface area (Å²) in [6.45, 7) is 2.82. The summed E-state index contributed by atoms with van der Waals surface area (Å²) in [5.74, 6) is -0.118. The van der Waals surface area contributed by atoms with E-state index in [2.05, 4.69) is 10.6 Å². The molecule has 0 aromatic heterocycles. The number of ether oxygens (including phenoxy) is 1. The summed E-state index contributed by atoms with van der Waals surface area (Å²) in [7, 11) is 0. The number of benzene rings is 2. The summed E-state index contributed by atoms with van der Waals surface area (Å²) >= 11 is 0. The third kappa shape index (κ3) is 4.55. The van der Waals surface area contributed by atoms with Crippen LogP contribution in [0.15, 0.2) is 48.5 Å². The van der Waals surface area contributed by atoms with Gasteiger partial charge in [-0.1, -0.05) is 18.2 Å². The van der Waals surface area contributed by atoms with Gasteiger partial charge in [-0.25, -0.2) is 9.18 Å². The molecule has 0 bridgehead atoms. The lowest BCUT2D eigenvalue weighted by Gasteiger charge is -2.24. The Morgan fingerprint density at radius 1 is 1.19 bits per heavy atom. The zero-order valence-electron chi connectivity index (χ0n) is 15.1. The molecule has 1 saturated heterocycles. The first-order valence-electron chi connectivity index (χ1n) is 8.94. The third-order valence-electron chi connectivity index (χ3n) is 4.34. The minimum Gasteiger partial charge on any atom is -0.492 e. The van der Waals surface area contributed by atoms with Crippen molar-refractivity contribution in [1.82, 2.24) is 4.90 Å². The van der Waals surface area contributed by atoms with Crippen LogP contribution in [0.2, 0.25) is 0 Å². The highest BCUT2D eigenvalue weighted by molar-refractivity contribution is 6.00. The molecule has 1 atom stereocenters. The maximum absolute atomic E-state index is 13.3. The Morgan fingerprint density at radius 3 is 2.78 bits per heavy atom. The van der Waals surface area contributed by atoms with Crippen molar-refractivity contribution in [2.75, 3.05) is 23.8 Å². The molecule has 27 heavy (non-hydrogen) atoms. The van der Waals surface area contributed by atoms with Gasteiger partial charge in [0.1, 0.15) is 17.6 Å². The van der Waals surface area contributed by atoms with E-state index in [9.17, 15) is 14.0 Å². The highest BCUT2D eigenvalue weighted by Gasteiger charge is 2.34. The predicted molar refractivity (Wildman–Crippen MR) is 101 cm³/mol. The zero-order chi connectivity index (χ0) is 19.2. The lowest BCUT2D eigenvalue weighted by Crippen LogP contribution is -2.45. The maximum Gasteiger partial charge on any atom is 0.322 e. The van der Waals surface area contributed by atoms with E-state index >= 15 is 0 Å². The van der Waals surface area contributed by atoms with Crippen LogP contribution in [0.4, 0.5) is 20.6 Å². The number of carbonyl (C=O) groups excluding carboxylic acids is 2. The first-order valence-corrected chi connectivity index (χ1v) is 8.94. The Morgan fingerprint density at radius 2 is 2.00 bits per heavy atom. The number of halogens is 1. The summed E-state index contributed by atoms with van der Waals surface area (Å²) in [5, 5.41) is 5.50. The number of urea groups is 1. The second kappa shape index (κ2) is 8.53. The lowest BCUT2D eigenvalue weighted by molar-refractivity contribution is -0.119. The highest BCUT2D eigenvalue weighted by Crippen LogP contribution is 2.26. The summed E-state index contributed by atoms with van der Waals surface area (Å²) in [6.07, 6.45) is 1.29. The van der Waals surface area contributed by atoms with E-state index in [1.54, 1.807) is 24.3 Å². The fourth-order valence-corrected chi connectivity index (χ4v) is 3.11. The van der Waals surface area contributed by atoms with Gasteiger partial charge in [0.05, 0.1) is 12.3 Å². The van der Waals surface area contributed by atoms with Gasteiger partial charge in [-0.3, -0.25) is 4.79 Å². The van der Waals surface area contributed by atoms with E-state index < -0.39 is 17.9 Å². The van der Waals surface area contributed by atoms with E-state index in [1.807, 2.05) is 13.0 Å². The van der Waals surface area contributed by atoms with Gasteiger partial charge in [-0.15, -0.1) is 0 Å². The van der Waals surface area contributed by atoms with E-state index in [0.29, 0.717) is 36.7 Å². The molecule has 0 unspecified atom stereocenters. The second-order valence-corrected chi connectivity index (χ2v) is 6.21. The van der Waals surface area contributed by atoms with Crippen molar-refractivity contribution >= 4 is 23.3 Å². The lowest BCUT2D eigenvalue weighted by atomic mass is 10.2. The van der Waals surface area contributed by atoms with Crippen molar-refractivity contribution in [3.05, 3.63) is 54.3 Å². The number of amides is 3. The minimum atomic E-state index is -0.590. The van der Waals surface area contributed by atoms with Crippen LogP contribution in [-0.4, -0.2) is 36.0 Å². The first kappa shape index (κ1) is 18.7. The molecule has 0 aliphatic carbocycles. The van der Waals surface area contributed by atoms with Crippen molar-refractivity contribution in [3.8, 4) is 5.75 Å². The molecule has 1 fully saturated rings. The highest BCUT2D eigenvalue weighted by atomic mass is 19.1. The molecule has 0 saturated carbocycles. The van der Waals surface area contributed by atoms with Crippen LogP contribution in [0.3, 0.4) is 0 Å². The van der Waals surface area contributed by atoms with E-state index in [1.165, 1.54) is 23.1 Å². The van der Waals surface area contributed by atoms with Crippen molar-refractivity contribution in [1.29, 1.82) is 0 Å². The molecule has 142 valence electrons. The Bertz CT molecular complexity index is 828. The summed E-state index contributed by atoms with van der Waals surface area (Å²) in [4.78, 5) is 26.8. The molecule has 2 aromatic carbocycles. The molecule has 1 aliphatic heterocycles. The fourth-order valence-electron chi connectivity index (χ4n) is 3.11. The third-order valence-corrected chi connectivity index (χ3v) is 4.34. The Balaban J connectivity index is 1.68. The van der Waals surface area contributed by atoms with Crippen molar-refractivity contribution in [3.63, 3.8) is 0 Å². The standard InChI is InChI=1S/C20H22FN3O3/c1-2-27-18-11-4-3-9-16(18)23-19(25)17-10-6-12-24(17)20(26)22-15-8-5-7-14(21)13-15/h3-5,7-9,11,13,17H,2,6,10,12H2,1H3,(H,22,26)(H,23,25)/t17-/m0/s1. The summed E-state index contributed by atoms with van der Waals surface area (Å²) in [5.41, 5.74) is 0.925. The largest absolute Gasteiger partial charge is 0.492 e. The first-order chi connectivity index (χ1) is 13.1. The number of nitrogens with one attached hydrogen (secondary N) is 2. The van der Waals surface area contributed by atoms with Crippen LogP contribution >= 0.6 is 0 Å². The van der Waals surface area contributed by atoms with Gasteiger partial charge in [0.25, 0.3) is 0 Å². The van der Waals surface area contributed by atoms with Crippen molar-refractivity contribution in [2.24, 2.45) is 0 Å². The van der Waals surface area contributed by atoms with Gasteiger partial charge in [-0.2, -0.15) is 0 Å². The number of para-hydroxylation sites is 2. The monoisotopic (exact) mass is 371 g/mol. The average molecular weight is 371 g/mol. The summed E-state index contributed by atoms with van der Waals surface area (Å²) < 4.78 is 18.8. The number of likely N-dealkylation sites (tertiary alicyclic amines) is 1. The topological polar surface area (TPSA) is 70.7 Å². The van der Waals surface area contributed by atoms with Crippen molar-refractivity contribution in [2.45, 2.75) is 25.8 Å². The number of nitrogens with zero attached hydrogens (tertiary/aromatic N) is 1. The quantitative estimate of drug-likeness (QED) is 0.838. The number of rotatable bonds is 5. The number of carbonyl (C=O) groups is 2. The van der Waals surface area contributed by atoms with E-state index in [4.69, 9.17) is 4.74 Å². The molecule has 6 nitrogen and oxygen atoms in total. The Hall–Kier alpha value is -3.09. The fraction of sp³-hybridized carbons (Fsp3) is 0.300. The molecule has 1 heterocycles. The van der Waals surface area contributed by atoms with E-state index in [-0.39, 0.29) is 5.91 Å². The molecule has 3 rings (SSSR count). The maximum atomic E-state index is 13.3. The number of hydrogen-bond acceptors (Lipinski definition) is 3. The predicted octanol–water partition coefficient (Wildman–Crippen LogP) is 3.86. The second-order valence-electron chi connectivity index (χ2n) is 6.21. The van der Waals surface area contributed by atoms with Gasteiger partial charge < -0.3 is 20.3 Å². The van der Waals surface area contributed by atoms with Crippen LogP contribution in [0.5, 0.6) is 5.75 Å². The minimum absolute atomic E-state index is 0.269. The number of anilines is 2. The van der Waals surface area contributed by atoms with Crippen LogP contribution in [0, 0.1) is 5.82 Å². The molecular formula is C20H22FN3O3. The van der Waals surface area contributed by atoms with Crippen molar-refractivity contribution < 1.29 is 18.7 Å². The molecule has 0 radical (unpaired) electrons. The summed E-state index contributed by atoms with van der Waals surface area (Å²) in [6, 6.07) is 11.8. The zero-order valence-corrected chi connectivity index (χ0v) is 15.1. The van der Waals surface area contributed by atoms with Gasteiger partial charge in [0.2, 0.25) is 5.91 Å². The van der Waals surface area contributed by atoms with Crippen LogP contribution in [0.1, 0.15) is 19.8 Å². The van der Waals surface area contributed by atoms with Crippen LogP contribution in [0.25, 0.3) is 0 Å². The van der Waals surface area contributed by atoms with Gasteiger partial charge >= 0.3 is 6.03 Å². The van der Waals surface area contributed by atoms with E-state index in [0.717, 1.165) is 6.42 Å². The molecular weight excluding hydrogens is 349 g/mol. The molecule has 2 N–H and O–H groups in total. The number of hydrogen-bond donors (Lipinski definition) is 2. The van der Waals surface area contributed by atoms with Crippen LogP contribution in [-0.2, 0) is 4.79 Å². The van der Waals surface area contributed by atoms with Gasteiger partial charge in [0.15, 0.2) is 0 Å². The molecule has 3 amide bonds. The Kier molecular flexibility index (Phi) is 5.90. The smallest absolute Gasteiger partial charge is 0.322 e. The van der Waals surface area contributed by atoms with Gasteiger partial charge in [0, 0.05) is 12.2 Å². The SMILES string of the molecule is CCOc1ccccc1NC(=O)[C@@H]1CCCN1C(=O)Nc1cccc(F)c1. The molecule has 7 heteroatoms. The Labute approximate surface area is 157 Å². The molecule has 0 spiro atoms.